The fourth-order valence-corrected chi connectivity index (χ4v) is 1.33. The quantitative estimate of drug-likeness (QED) is 0.577. The molecule has 0 atom stereocenters. The van der Waals surface area contributed by atoms with E-state index in [1.165, 1.54) is 13.8 Å². The van der Waals surface area contributed by atoms with Gasteiger partial charge in [-0.3, -0.25) is 14.4 Å². The van der Waals surface area contributed by atoms with Gasteiger partial charge in [0, 0.05) is 18.7 Å². The number of hydrogen-bond acceptors (Lipinski definition) is 4. The Labute approximate surface area is 86.1 Å². The first-order valence-corrected chi connectivity index (χ1v) is 4.35. The zero-order valence-electron chi connectivity index (χ0n) is 8.71. The van der Waals surface area contributed by atoms with Crippen molar-refractivity contribution in [3.8, 4) is 5.75 Å². The average molecular weight is 209 g/mol. The van der Waals surface area contributed by atoms with E-state index in [1.54, 1.807) is 6.92 Å². The number of ether oxygens (including phenoxy) is 1. The average Bonchev–Trinajstić information content (AvgIpc) is 1.99. The summed E-state index contributed by atoms with van der Waals surface area (Å²) in [6.45, 7) is 4.12. The molecule has 1 N–H and O–H groups in total. The van der Waals surface area contributed by atoms with Gasteiger partial charge in [-0.15, -0.1) is 0 Å². The minimum Gasteiger partial charge on any atom is -0.426 e. The second-order valence-corrected chi connectivity index (χ2v) is 3.15. The molecule has 0 amide bonds. The van der Waals surface area contributed by atoms with Crippen LogP contribution in [0.4, 0.5) is 0 Å². The van der Waals surface area contributed by atoms with Gasteiger partial charge in [0.05, 0.1) is 5.56 Å². The van der Waals surface area contributed by atoms with Crippen molar-refractivity contribution in [2.24, 2.45) is 0 Å². The molecule has 80 valence electrons. The lowest BCUT2D eigenvalue weighted by Gasteiger charge is -2.07. The van der Waals surface area contributed by atoms with Crippen LogP contribution >= 0.6 is 0 Å². The highest BCUT2D eigenvalue weighted by Crippen LogP contribution is 2.19. The van der Waals surface area contributed by atoms with Gasteiger partial charge >= 0.3 is 5.97 Å². The largest absolute Gasteiger partial charge is 0.426 e. The number of pyridine rings is 1. The van der Waals surface area contributed by atoms with Gasteiger partial charge in [0.2, 0.25) is 0 Å². The Morgan fingerprint density at radius 1 is 1.33 bits per heavy atom. The van der Waals surface area contributed by atoms with Crippen molar-refractivity contribution in [2.75, 3.05) is 0 Å². The minimum absolute atomic E-state index is 0.0104. The van der Waals surface area contributed by atoms with Crippen LogP contribution < -0.4 is 10.3 Å². The number of rotatable bonds is 2. The predicted octanol–water partition coefficient (Wildman–Crippen LogP) is 0.811. The fourth-order valence-electron chi connectivity index (χ4n) is 1.33. The van der Waals surface area contributed by atoms with Gasteiger partial charge in [-0.2, -0.15) is 0 Å². The summed E-state index contributed by atoms with van der Waals surface area (Å²) in [4.78, 5) is 35.6. The molecule has 0 radical (unpaired) electrons. The van der Waals surface area contributed by atoms with E-state index in [2.05, 4.69) is 4.98 Å². The first-order chi connectivity index (χ1) is 6.91. The molecule has 15 heavy (non-hydrogen) atoms. The lowest BCUT2D eigenvalue weighted by atomic mass is 10.1. The summed E-state index contributed by atoms with van der Waals surface area (Å²) >= 11 is 0. The Balaban J connectivity index is 3.39. The molecule has 1 aromatic heterocycles. The number of aromatic amines is 1. The van der Waals surface area contributed by atoms with E-state index in [1.807, 2.05) is 0 Å². The van der Waals surface area contributed by atoms with Gasteiger partial charge in [0.25, 0.3) is 5.56 Å². The van der Waals surface area contributed by atoms with Crippen molar-refractivity contribution in [1.29, 1.82) is 0 Å². The SMILES string of the molecule is CC(=O)Oc1cc(=O)[nH]c(C)c1C(C)=O. The van der Waals surface area contributed by atoms with E-state index < -0.39 is 11.5 Å². The maximum absolute atomic E-state index is 11.3. The van der Waals surface area contributed by atoms with Crippen LogP contribution in [0.3, 0.4) is 0 Å². The smallest absolute Gasteiger partial charge is 0.308 e. The van der Waals surface area contributed by atoms with E-state index >= 15 is 0 Å². The minimum atomic E-state index is -0.567. The Hall–Kier alpha value is -1.91. The first kappa shape index (κ1) is 11.2. The maximum Gasteiger partial charge on any atom is 0.308 e. The first-order valence-electron chi connectivity index (χ1n) is 4.35. The summed E-state index contributed by atoms with van der Waals surface area (Å²) in [5.41, 5.74) is 0.213. The number of carbonyl (C=O) groups excluding carboxylic acids is 2. The summed E-state index contributed by atoms with van der Waals surface area (Å²) in [6, 6.07) is 1.09. The topological polar surface area (TPSA) is 76.2 Å². The summed E-state index contributed by atoms with van der Waals surface area (Å²) in [5, 5.41) is 0. The van der Waals surface area contributed by atoms with Gasteiger partial charge in [0.15, 0.2) is 5.78 Å². The van der Waals surface area contributed by atoms with E-state index in [4.69, 9.17) is 4.74 Å². The van der Waals surface area contributed by atoms with Crippen molar-refractivity contribution < 1.29 is 14.3 Å². The molecule has 5 nitrogen and oxygen atoms in total. The molecule has 5 heteroatoms. The van der Waals surface area contributed by atoms with Crippen LogP contribution in [0.1, 0.15) is 29.9 Å². The molecular weight excluding hydrogens is 198 g/mol. The van der Waals surface area contributed by atoms with Crippen molar-refractivity contribution in [3.63, 3.8) is 0 Å². The van der Waals surface area contributed by atoms with Gasteiger partial charge in [-0.1, -0.05) is 0 Å². The van der Waals surface area contributed by atoms with E-state index in [-0.39, 0.29) is 17.1 Å². The highest BCUT2D eigenvalue weighted by molar-refractivity contribution is 5.98. The number of H-pyrrole nitrogens is 1. The molecule has 1 aromatic rings. The van der Waals surface area contributed by atoms with Crippen LogP contribution in [0.2, 0.25) is 0 Å². The van der Waals surface area contributed by atoms with Crippen LogP contribution in [0.25, 0.3) is 0 Å². The third kappa shape index (κ3) is 2.52. The van der Waals surface area contributed by atoms with Crippen LogP contribution in [-0.2, 0) is 4.79 Å². The number of aryl methyl sites for hydroxylation is 1. The van der Waals surface area contributed by atoms with Crippen LogP contribution in [-0.4, -0.2) is 16.7 Å². The molecular formula is C10H11NO4. The van der Waals surface area contributed by atoms with Crippen molar-refractivity contribution in [1.82, 2.24) is 4.98 Å². The second-order valence-electron chi connectivity index (χ2n) is 3.15. The molecule has 0 bridgehead atoms. The standard InChI is InChI=1S/C10H11NO4/c1-5-10(6(2)12)8(15-7(3)13)4-9(14)11-5/h4H,1-3H3,(H,11,14). The normalized spacial score (nSPS) is 9.80. The number of ketones is 1. The molecule has 0 aromatic carbocycles. The van der Waals surface area contributed by atoms with Crippen molar-refractivity contribution >= 4 is 11.8 Å². The Bertz CT molecular complexity index is 473. The number of hydrogen-bond donors (Lipinski definition) is 1. The summed E-state index contributed by atoms with van der Waals surface area (Å²) < 4.78 is 4.79. The Kier molecular flexibility index (Phi) is 3.04. The monoisotopic (exact) mass is 209 g/mol. The number of carbonyl (C=O) groups is 2. The number of nitrogens with one attached hydrogen (secondary N) is 1. The number of esters is 1. The Morgan fingerprint density at radius 3 is 2.40 bits per heavy atom. The maximum atomic E-state index is 11.3. The molecule has 1 heterocycles. The van der Waals surface area contributed by atoms with Gasteiger partial charge in [-0.25, -0.2) is 0 Å². The molecule has 0 saturated heterocycles. The zero-order chi connectivity index (χ0) is 11.6. The van der Waals surface area contributed by atoms with E-state index in [0.717, 1.165) is 6.07 Å². The fraction of sp³-hybridized carbons (Fsp3) is 0.300. The van der Waals surface area contributed by atoms with Crippen LogP contribution in [0.15, 0.2) is 10.9 Å². The van der Waals surface area contributed by atoms with Crippen LogP contribution in [0, 0.1) is 6.92 Å². The molecule has 0 unspecified atom stereocenters. The van der Waals surface area contributed by atoms with Crippen molar-refractivity contribution in [3.05, 3.63) is 27.7 Å². The molecule has 0 aliphatic heterocycles. The highest BCUT2D eigenvalue weighted by atomic mass is 16.5. The van der Waals surface area contributed by atoms with E-state index in [9.17, 15) is 14.4 Å². The predicted molar refractivity (Wildman–Crippen MR) is 53.1 cm³/mol. The molecule has 0 aliphatic carbocycles. The van der Waals surface area contributed by atoms with E-state index in [0.29, 0.717) is 5.69 Å². The zero-order valence-corrected chi connectivity index (χ0v) is 8.71. The number of aromatic nitrogens is 1. The van der Waals surface area contributed by atoms with Gasteiger partial charge in [-0.05, 0) is 13.8 Å². The summed E-state index contributed by atoms with van der Waals surface area (Å²) in [7, 11) is 0. The lowest BCUT2D eigenvalue weighted by Crippen LogP contribution is -2.15. The molecule has 0 saturated carbocycles. The lowest BCUT2D eigenvalue weighted by molar-refractivity contribution is -0.131. The van der Waals surface area contributed by atoms with Gasteiger partial charge in [0.1, 0.15) is 5.75 Å². The third-order valence-electron chi connectivity index (χ3n) is 1.80. The summed E-state index contributed by atoms with van der Waals surface area (Å²) in [6.07, 6.45) is 0. The molecule has 0 aliphatic rings. The number of Topliss-reactive ketones (excluding diaryl/α,β-unsaturated/α-hetero) is 1. The summed E-state index contributed by atoms with van der Waals surface area (Å²) in [5.74, 6) is -0.821. The van der Waals surface area contributed by atoms with Crippen molar-refractivity contribution in [2.45, 2.75) is 20.8 Å². The second kappa shape index (κ2) is 4.08. The molecule has 1 rings (SSSR count). The highest BCUT2D eigenvalue weighted by Gasteiger charge is 2.14. The molecule has 0 fully saturated rings. The Morgan fingerprint density at radius 2 is 1.93 bits per heavy atom. The van der Waals surface area contributed by atoms with Gasteiger partial charge < -0.3 is 9.72 Å². The third-order valence-corrected chi connectivity index (χ3v) is 1.80. The molecule has 0 spiro atoms. The van der Waals surface area contributed by atoms with Crippen LogP contribution in [0.5, 0.6) is 5.75 Å².